The summed E-state index contributed by atoms with van der Waals surface area (Å²) in [5.74, 6) is -1.11. The van der Waals surface area contributed by atoms with Crippen molar-refractivity contribution in [1.29, 1.82) is 0 Å². The van der Waals surface area contributed by atoms with Crippen molar-refractivity contribution in [2.24, 2.45) is 0 Å². The van der Waals surface area contributed by atoms with Gasteiger partial charge in [0, 0.05) is 18.5 Å². The highest BCUT2D eigenvalue weighted by atomic mass is 35.5. The fraction of sp³-hybridized carbons (Fsp3) is 0.250. The first-order chi connectivity index (χ1) is 8.97. The first-order valence-electron chi connectivity index (χ1n) is 5.55. The Morgan fingerprint density at radius 1 is 1.16 bits per heavy atom. The second-order valence-electron chi connectivity index (χ2n) is 4.05. The van der Waals surface area contributed by atoms with E-state index in [1.54, 1.807) is 12.1 Å². The quantitative estimate of drug-likeness (QED) is 0.869. The zero-order valence-electron chi connectivity index (χ0n) is 9.78. The fourth-order valence-corrected chi connectivity index (χ4v) is 2.02. The van der Waals surface area contributed by atoms with Crippen LogP contribution < -0.4 is 5.32 Å². The minimum absolute atomic E-state index is 0.166. The van der Waals surface area contributed by atoms with Crippen molar-refractivity contribution in [3.8, 4) is 0 Å². The van der Waals surface area contributed by atoms with Crippen LogP contribution in [0.3, 0.4) is 0 Å². The molecule has 1 aromatic rings. The third-order valence-corrected chi connectivity index (χ3v) is 3.40. The Morgan fingerprint density at radius 3 is 2.37 bits per heavy atom. The molecule has 1 fully saturated rings. The lowest BCUT2D eigenvalue weighted by Gasteiger charge is -2.13. The Bertz CT molecular complexity index is 544. The highest BCUT2D eigenvalue weighted by Gasteiger charge is 2.30. The van der Waals surface area contributed by atoms with Gasteiger partial charge in [0.05, 0.1) is 10.0 Å². The summed E-state index contributed by atoms with van der Waals surface area (Å²) in [6.07, 6.45) is 0.331. The molecule has 3 amide bonds. The summed E-state index contributed by atoms with van der Waals surface area (Å²) in [5.41, 5.74) is 0.457. The highest BCUT2D eigenvalue weighted by molar-refractivity contribution is 6.42. The van der Waals surface area contributed by atoms with E-state index in [0.29, 0.717) is 15.7 Å². The number of rotatable bonds is 3. The number of hydrogen-bond acceptors (Lipinski definition) is 3. The number of benzene rings is 1. The molecular weight excluding hydrogens is 291 g/mol. The van der Waals surface area contributed by atoms with Gasteiger partial charge in [-0.3, -0.25) is 19.3 Å². The van der Waals surface area contributed by atoms with Gasteiger partial charge in [-0.05, 0) is 18.2 Å². The molecule has 5 nitrogen and oxygen atoms in total. The lowest BCUT2D eigenvalue weighted by atomic mass is 10.3. The molecule has 7 heteroatoms. The first kappa shape index (κ1) is 13.8. The Labute approximate surface area is 119 Å². The molecule has 1 saturated heterocycles. The van der Waals surface area contributed by atoms with Crippen LogP contribution in [0.25, 0.3) is 0 Å². The highest BCUT2D eigenvalue weighted by Crippen LogP contribution is 2.25. The van der Waals surface area contributed by atoms with Crippen molar-refractivity contribution in [2.45, 2.75) is 12.8 Å². The maximum atomic E-state index is 11.7. The first-order valence-corrected chi connectivity index (χ1v) is 6.31. The number of hydrogen-bond donors (Lipinski definition) is 1. The number of carbonyl (C=O) groups excluding carboxylic acids is 3. The van der Waals surface area contributed by atoms with E-state index in [1.807, 2.05) is 0 Å². The van der Waals surface area contributed by atoms with Gasteiger partial charge in [-0.25, -0.2) is 0 Å². The summed E-state index contributed by atoms with van der Waals surface area (Å²) in [5, 5.41) is 3.24. The van der Waals surface area contributed by atoms with Crippen LogP contribution in [0.5, 0.6) is 0 Å². The second-order valence-corrected chi connectivity index (χ2v) is 4.87. The third-order valence-electron chi connectivity index (χ3n) is 2.66. The van der Waals surface area contributed by atoms with E-state index in [0.717, 1.165) is 4.90 Å². The van der Waals surface area contributed by atoms with E-state index in [9.17, 15) is 14.4 Å². The molecule has 0 saturated carbocycles. The van der Waals surface area contributed by atoms with Crippen LogP contribution in [0.15, 0.2) is 18.2 Å². The van der Waals surface area contributed by atoms with Crippen LogP contribution in [-0.2, 0) is 14.4 Å². The lowest BCUT2D eigenvalue weighted by molar-refractivity contribution is -0.141. The average molecular weight is 301 g/mol. The Kier molecular flexibility index (Phi) is 4.07. The summed E-state index contributed by atoms with van der Waals surface area (Å²) < 4.78 is 0. The molecule has 1 aliphatic heterocycles. The van der Waals surface area contributed by atoms with Crippen molar-refractivity contribution < 1.29 is 14.4 Å². The number of carbonyl (C=O) groups is 3. The molecule has 0 atom stereocenters. The molecular formula is C12H10Cl2N2O3. The summed E-state index contributed by atoms with van der Waals surface area (Å²) in [6, 6.07) is 4.63. The van der Waals surface area contributed by atoms with Crippen molar-refractivity contribution in [3.05, 3.63) is 28.2 Å². The Balaban J connectivity index is 1.99. The minimum atomic E-state index is -0.456. The molecule has 0 aromatic heterocycles. The Morgan fingerprint density at radius 2 is 1.79 bits per heavy atom. The van der Waals surface area contributed by atoms with E-state index in [-0.39, 0.29) is 31.2 Å². The molecule has 0 spiro atoms. The van der Waals surface area contributed by atoms with Gasteiger partial charge in [0.25, 0.3) is 0 Å². The molecule has 19 heavy (non-hydrogen) atoms. The maximum absolute atomic E-state index is 11.7. The van der Waals surface area contributed by atoms with Crippen molar-refractivity contribution in [2.75, 3.05) is 11.9 Å². The van der Waals surface area contributed by atoms with Crippen LogP contribution in [0.2, 0.25) is 10.0 Å². The zero-order valence-corrected chi connectivity index (χ0v) is 11.3. The van der Waals surface area contributed by atoms with E-state index in [2.05, 4.69) is 5.32 Å². The summed E-state index contributed by atoms with van der Waals surface area (Å²) in [4.78, 5) is 35.4. The van der Waals surface area contributed by atoms with Crippen molar-refractivity contribution in [1.82, 2.24) is 4.90 Å². The Hall–Kier alpha value is -1.59. The predicted octanol–water partition coefficient (Wildman–Crippen LogP) is 2.08. The molecule has 1 aliphatic rings. The van der Waals surface area contributed by atoms with Crippen LogP contribution in [0.1, 0.15) is 12.8 Å². The molecule has 2 rings (SSSR count). The van der Waals surface area contributed by atoms with Crippen molar-refractivity contribution in [3.63, 3.8) is 0 Å². The average Bonchev–Trinajstić information content (AvgIpc) is 2.66. The van der Waals surface area contributed by atoms with Gasteiger partial charge < -0.3 is 5.32 Å². The molecule has 1 N–H and O–H groups in total. The molecule has 0 bridgehead atoms. The smallest absolute Gasteiger partial charge is 0.244 e. The molecule has 1 aromatic carbocycles. The predicted molar refractivity (Wildman–Crippen MR) is 71.0 cm³/mol. The van der Waals surface area contributed by atoms with Crippen LogP contribution in [0.4, 0.5) is 5.69 Å². The van der Waals surface area contributed by atoms with Crippen LogP contribution in [0, 0.1) is 0 Å². The SMILES string of the molecule is O=C(CN1C(=O)CCC1=O)Nc1ccc(Cl)c(Cl)c1. The maximum Gasteiger partial charge on any atom is 0.244 e. The number of nitrogens with one attached hydrogen (secondary N) is 1. The summed E-state index contributed by atoms with van der Waals surface area (Å²) in [7, 11) is 0. The monoisotopic (exact) mass is 300 g/mol. The van der Waals surface area contributed by atoms with Crippen LogP contribution in [-0.4, -0.2) is 29.2 Å². The lowest BCUT2D eigenvalue weighted by Crippen LogP contribution is -2.36. The van der Waals surface area contributed by atoms with Gasteiger partial charge in [-0.15, -0.1) is 0 Å². The second kappa shape index (κ2) is 5.59. The third kappa shape index (κ3) is 3.24. The largest absolute Gasteiger partial charge is 0.324 e. The minimum Gasteiger partial charge on any atom is -0.324 e. The summed E-state index contributed by atoms with van der Waals surface area (Å²) in [6.45, 7) is -0.280. The number of nitrogens with zero attached hydrogens (tertiary/aromatic N) is 1. The van der Waals surface area contributed by atoms with Crippen LogP contribution >= 0.6 is 23.2 Å². The van der Waals surface area contributed by atoms with Gasteiger partial charge in [0.2, 0.25) is 17.7 Å². The number of halogens is 2. The normalized spacial score (nSPS) is 14.9. The standard InChI is InChI=1S/C12H10Cl2N2O3/c13-8-2-1-7(5-9(8)14)15-10(17)6-16-11(18)3-4-12(16)19/h1-2,5H,3-4,6H2,(H,15,17). The number of likely N-dealkylation sites (tertiary alicyclic amines) is 1. The van der Waals surface area contributed by atoms with E-state index in [1.165, 1.54) is 6.07 Å². The van der Waals surface area contributed by atoms with Gasteiger partial charge in [-0.1, -0.05) is 23.2 Å². The number of anilines is 1. The topological polar surface area (TPSA) is 66.5 Å². The number of imide groups is 1. The van der Waals surface area contributed by atoms with Gasteiger partial charge in [-0.2, -0.15) is 0 Å². The zero-order chi connectivity index (χ0) is 14.0. The molecule has 1 heterocycles. The molecule has 0 unspecified atom stereocenters. The fourth-order valence-electron chi connectivity index (χ4n) is 1.72. The molecule has 0 radical (unpaired) electrons. The summed E-state index contributed by atoms with van der Waals surface area (Å²) >= 11 is 11.6. The van der Waals surface area contributed by atoms with Crippen molar-refractivity contribution >= 4 is 46.6 Å². The molecule has 100 valence electrons. The van der Waals surface area contributed by atoms with Gasteiger partial charge >= 0.3 is 0 Å². The molecule has 0 aliphatic carbocycles. The van der Waals surface area contributed by atoms with Gasteiger partial charge in [0.15, 0.2) is 0 Å². The van der Waals surface area contributed by atoms with E-state index < -0.39 is 5.91 Å². The van der Waals surface area contributed by atoms with E-state index >= 15 is 0 Å². The van der Waals surface area contributed by atoms with E-state index in [4.69, 9.17) is 23.2 Å². The number of amides is 3. The van der Waals surface area contributed by atoms with Gasteiger partial charge in [0.1, 0.15) is 6.54 Å².